The van der Waals surface area contributed by atoms with E-state index in [0.29, 0.717) is 38.2 Å². The molecule has 6 aromatic rings. The van der Waals surface area contributed by atoms with Crippen molar-refractivity contribution in [2.45, 2.75) is 5.60 Å². The van der Waals surface area contributed by atoms with Crippen molar-refractivity contribution in [2.75, 3.05) is 5.32 Å². The number of imidazole rings is 1. The van der Waals surface area contributed by atoms with Gasteiger partial charge >= 0.3 is 0 Å². The maximum absolute atomic E-state index is 12.8. The summed E-state index contributed by atoms with van der Waals surface area (Å²) in [5, 5.41) is 17.3. The molecular weight excluding hydrogens is 579 g/mol. The molecule has 0 aliphatic heterocycles. The lowest BCUT2D eigenvalue weighted by Crippen LogP contribution is -2.31. The Bertz CT molecular complexity index is 1970. The van der Waals surface area contributed by atoms with Crippen molar-refractivity contribution < 1.29 is 9.90 Å². The quantitative estimate of drug-likeness (QED) is 0.182. The van der Waals surface area contributed by atoms with Crippen LogP contribution in [0.5, 0.6) is 0 Å². The Morgan fingerprint density at radius 3 is 2.37 bits per heavy atom. The number of amides is 1. The predicted octanol–water partition coefficient (Wildman–Crippen LogP) is 7.88. The SMILES string of the molecule is Cn1cncc1C(O)(c1ccc(Cl)cc1)c1ccc2nc(NC(=O)/C=C/c3ccccc3)cc(-c3cccc(Cl)c3)c2c1. The number of aliphatic hydroxyl groups is 1. The second-order valence-electron chi connectivity index (χ2n) is 10.1. The summed E-state index contributed by atoms with van der Waals surface area (Å²) in [6, 6.07) is 31.6. The van der Waals surface area contributed by atoms with Gasteiger partial charge in [0.25, 0.3) is 0 Å². The molecule has 6 rings (SSSR count). The highest BCUT2D eigenvalue weighted by Gasteiger charge is 2.37. The van der Waals surface area contributed by atoms with Crippen LogP contribution in [0.2, 0.25) is 10.0 Å². The van der Waals surface area contributed by atoms with Crippen LogP contribution in [-0.4, -0.2) is 25.5 Å². The van der Waals surface area contributed by atoms with E-state index >= 15 is 0 Å². The number of pyridine rings is 1. The van der Waals surface area contributed by atoms with E-state index in [0.717, 1.165) is 22.1 Å². The maximum Gasteiger partial charge on any atom is 0.249 e. The molecule has 2 heterocycles. The second-order valence-corrected chi connectivity index (χ2v) is 11.0. The monoisotopic (exact) mass is 604 g/mol. The Hall–Kier alpha value is -4.75. The van der Waals surface area contributed by atoms with E-state index in [-0.39, 0.29) is 5.91 Å². The fraction of sp³-hybridized carbons (Fsp3) is 0.0571. The molecule has 0 bridgehead atoms. The molecule has 0 saturated heterocycles. The third kappa shape index (κ3) is 5.81. The van der Waals surface area contributed by atoms with E-state index in [2.05, 4.69) is 10.3 Å². The minimum atomic E-state index is -1.55. The molecule has 0 spiro atoms. The summed E-state index contributed by atoms with van der Waals surface area (Å²) in [6.45, 7) is 0. The number of nitrogens with zero attached hydrogens (tertiary/aromatic N) is 3. The number of benzene rings is 4. The molecule has 0 aliphatic rings. The summed E-state index contributed by atoms with van der Waals surface area (Å²) in [6.07, 6.45) is 6.52. The lowest BCUT2D eigenvalue weighted by Gasteiger charge is -2.30. The molecule has 212 valence electrons. The summed E-state index contributed by atoms with van der Waals surface area (Å²) >= 11 is 12.6. The van der Waals surface area contributed by atoms with Crippen LogP contribution in [-0.2, 0) is 17.4 Å². The van der Waals surface area contributed by atoms with Gasteiger partial charge in [0.05, 0.1) is 23.7 Å². The van der Waals surface area contributed by atoms with Crippen molar-refractivity contribution in [3.8, 4) is 11.1 Å². The molecule has 0 fully saturated rings. The van der Waals surface area contributed by atoms with E-state index in [4.69, 9.17) is 28.2 Å². The third-order valence-corrected chi connectivity index (χ3v) is 7.78. The molecule has 1 amide bonds. The number of aromatic nitrogens is 3. The molecule has 43 heavy (non-hydrogen) atoms. The minimum Gasteiger partial charge on any atom is -0.374 e. The first-order chi connectivity index (χ1) is 20.8. The molecular formula is C35H26Cl2N4O2. The second kappa shape index (κ2) is 11.9. The molecule has 8 heteroatoms. The fourth-order valence-corrected chi connectivity index (χ4v) is 5.49. The van der Waals surface area contributed by atoms with Crippen LogP contribution in [0.1, 0.15) is 22.4 Å². The van der Waals surface area contributed by atoms with Crippen LogP contribution in [0, 0.1) is 0 Å². The molecule has 0 radical (unpaired) electrons. The molecule has 4 aromatic carbocycles. The number of halogens is 2. The molecule has 1 atom stereocenters. The Labute approximate surface area is 258 Å². The summed E-state index contributed by atoms with van der Waals surface area (Å²) in [5.74, 6) is 0.0789. The summed E-state index contributed by atoms with van der Waals surface area (Å²) < 4.78 is 1.79. The largest absolute Gasteiger partial charge is 0.374 e. The molecule has 2 aromatic heterocycles. The van der Waals surface area contributed by atoms with Crippen LogP contribution in [0.25, 0.3) is 28.1 Å². The van der Waals surface area contributed by atoms with Crippen LogP contribution in [0.15, 0.2) is 122 Å². The molecule has 2 N–H and O–H groups in total. The molecule has 0 saturated carbocycles. The average Bonchev–Trinajstić information content (AvgIpc) is 3.46. The standard InChI is InChI=1S/C35H26Cl2N4O2/c1-41-22-38-21-32(41)35(43,25-11-14-27(36)15-12-25)26-13-16-31-30(19-26)29(24-8-5-9-28(37)18-24)20-33(39-31)40-34(42)17-10-23-6-3-2-4-7-23/h2-22,43H,1H3,(H,39,40,42)/b17-10+. The van der Waals surface area contributed by atoms with E-state index < -0.39 is 5.60 Å². The third-order valence-electron chi connectivity index (χ3n) is 7.29. The topological polar surface area (TPSA) is 80.0 Å². The van der Waals surface area contributed by atoms with Gasteiger partial charge in [0.2, 0.25) is 5.91 Å². The van der Waals surface area contributed by atoms with Crippen molar-refractivity contribution in [3.05, 3.63) is 154 Å². The van der Waals surface area contributed by atoms with E-state index in [1.807, 2.05) is 79.8 Å². The molecule has 0 aliphatic carbocycles. The van der Waals surface area contributed by atoms with Gasteiger partial charge in [-0.05, 0) is 76.4 Å². The summed E-state index contributed by atoms with van der Waals surface area (Å²) in [5.41, 5.74) is 3.45. The highest BCUT2D eigenvalue weighted by molar-refractivity contribution is 6.31. The first-order valence-corrected chi connectivity index (χ1v) is 14.3. The Kier molecular flexibility index (Phi) is 7.82. The van der Waals surface area contributed by atoms with Gasteiger partial charge < -0.3 is 15.0 Å². The number of rotatable bonds is 7. The number of aryl methyl sites for hydroxylation is 1. The Balaban J connectivity index is 1.49. The van der Waals surface area contributed by atoms with Gasteiger partial charge in [0, 0.05) is 28.6 Å². The Morgan fingerprint density at radius 1 is 0.884 bits per heavy atom. The van der Waals surface area contributed by atoms with Crippen molar-refractivity contribution in [1.29, 1.82) is 0 Å². The van der Waals surface area contributed by atoms with Gasteiger partial charge in [0.1, 0.15) is 5.82 Å². The first-order valence-electron chi connectivity index (χ1n) is 13.5. The van der Waals surface area contributed by atoms with Crippen molar-refractivity contribution in [3.63, 3.8) is 0 Å². The normalized spacial score (nSPS) is 12.8. The van der Waals surface area contributed by atoms with E-state index in [9.17, 15) is 9.90 Å². The van der Waals surface area contributed by atoms with Crippen molar-refractivity contribution >= 4 is 51.9 Å². The van der Waals surface area contributed by atoms with Gasteiger partial charge in [-0.2, -0.15) is 0 Å². The van der Waals surface area contributed by atoms with E-state index in [1.165, 1.54) is 6.08 Å². The highest BCUT2D eigenvalue weighted by Crippen LogP contribution is 2.40. The number of hydrogen-bond donors (Lipinski definition) is 2. The summed E-state index contributed by atoms with van der Waals surface area (Å²) in [4.78, 5) is 21.9. The maximum atomic E-state index is 12.8. The zero-order valence-corrected chi connectivity index (χ0v) is 24.6. The number of nitrogens with one attached hydrogen (secondary N) is 1. The number of hydrogen-bond acceptors (Lipinski definition) is 4. The lowest BCUT2D eigenvalue weighted by molar-refractivity contribution is -0.111. The minimum absolute atomic E-state index is 0.308. The van der Waals surface area contributed by atoms with Gasteiger partial charge in [0.15, 0.2) is 5.60 Å². The van der Waals surface area contributed by atoms with Crippen LogP contribution < -0.4 is 5.32 Å². The van der Waals surface area contributed by atoms with Crippen LogP contribution >= 0.6 is 23.2 Å². The highest BCUT2D eigenvalue weighted by atomic mass is 35.5. The number of fused-ring (bicyclic) bond motifs is 1. The predicted molar refractivity (Wildman–Crippen MR) is 173 cm³/mol. The fourth-order valence-electron chi connectivity index (χ4n) is 5.17. The van der Waals surface area contributed by atoms with E-state index in [1.54, 1.807) is 53.5 Å². The van der Waals surface area contributed by atoms with Crippen LogP contribution in [0.4, 0.5) is 5.82 Å². The average molecular weight is 606 g/mol. The molecule has 1 unspecified atom stereocenters. The Morgan fingerprint density at radius 2 is 1.65 bits per heavy atom. The van der Waals surface area contributed by atoms with Crippen molar-refractivity contribution in [2.24, 2.45) is 7.05 Å². The van der Waals surface area contributed by atoms with Gasteiger partial charge in [-0.25, -0.2) is 9.97 Å². The smallest absolute Gasteiger partial charge is 0.249 e. The van der Waals surface area contributed by atoms with Gasteiger partial charge in [-0.3, -0.25) is 4.79 Å². The van der Waals surface area contributed by atoms with Gasteiger partial charge in [-0.1, -0.05) is 83.9 Å². The number of carbonyl (C=O) groups is 1. The number of carbonyl (C=O) groups excluding carboxylic acids is 1. The van der Waals surface area contributed by atoms with Crippen LogP contribution in [0.3, 0.4) is 0 Å². The zero-order chi connectivity index (χ0) is 30.0. The van der Waals surface area contributed by atoms with Gasteiger partial charge in [-0.15, -0.1) is 0 Å². The number of anilines is 1. The first kappa shape index (κ1) is 28.4. The van der Waals surface area contributed by atoms with Crippen molar-refractivity contribution in [1.82, 2.24) is 14.5 Å². The summed E-state index contributed by atoms with van der Waals surface area (Å²) in [7, 11) is 1.84. The zero-order valence-electron chi connectivity index (χ0n) is 23.1. The lowest BCUT2D eigenvalue weighted by atomic mass is 9.82. The molecule has 6 nitrogen and oxygen atoms in total.